The molecule has 0 amide bonds. The second-order valence-electron chi connectivity index (χ2n) is 6.26. The highest BCUT2D eigenvalue weighted by Crippen LogP contribution is 2.17. The van der Waals surface area contributed by atoms with E-state index >= 15 is 0 Å². The Labute approximate surface area is 128 Å². The quantitative estimate of drug-likeness (QED) is 0.799. The number of nitrogens with zero attached hydrogens (tertiary/aromatic N) is 2. The van der Waals surface area contributed by atoms with Gasteiger partial charge in [-0.2, -0.15) is 0 Å². The minimum absolute atomic E-state index is 0.658. The topological polar surface area (TPSA) is 37.4 Å². The number of aromatic nitrogens is 1. The molecule has 0 saturated carbocycles. The molecule has 0 spiro atoms. The monoisotopic (exact) mass is 291 g/mol. The number of ether oxygens (including phenoxy) is 1. The number of pyridine rings is 1. The zero-order valence-corrected chi connectivity index (χ0v) is 13.5. The van der Waals surface area contributed by atoms with Gasteiger partial charge < -0.3 is 10.1 Å². The highest BCUT2D eigenvalue weighted by atomic mass is 16.5. The molecule has 0 atom stereocenters. The lowest BCUT2D eigenvalue weighted by molar-refractivity contribution is 0.182. The Bertz CT molecular complexity index is 403. The van der Waals surface area contributed by atoms with Crippen LogP contribution in [0.3, 0.4) is 0 Å². The first-order valence-corrected chi connectivity index (χ1v) is 8.24. The summed E-state index contributed by atoms with van der Waals surface area (Å²) in [6.07, 6.45) is 7.76. The molecule has 1 aliphatic rings. The van der Waals surface area contributed by atoms with Crippen molar-refractivity contribution in [3.05, 3.63) is 24.0 Å². The highest BCUT2D eigenvalue weighted by Gasteiger charge is 2.10. The van der Waals surface area contributed by atoms with Crippen LogP contribution in [0.15, 0.2) is 18.5 Å². The summed E-state index contributed by atoms with van der Waals surface area (Å²) in [5.41, 5.74) is 1.15. The molecular weight excluding hydrogens is 262 g/mol. The fraction of sp³-hybridized carbons (Fsp3) is 0.706. The molecule has 1 aliphatic heterocycles. The van der Waals surface area contributed by atoms with Gasteiger partial charge in [-0.1, -0.05) is 20.3 Å². The molecule has 1 saturated heterocycles. The molecule has 21 heavy (non-hydrogen) atoms. The Morgan fingerprint density at radius 1 is 1.29 bits per heavy atom. The zero-order chi connectivity index (χ0) is 14.9. The molecule has 4 heteroatoms. The predicted molar refractivity (Wildman–Crippen MR) is 86.6 cm³/mol. The van der Waals surface area contributed by atoms with Crippen molar-refractivity contribution >= 4 is 0 Å². The minimum atomic E-state index is 0.658. The van der Waals surface area contributed by atoms with Crippen molar-refractivity contribution in [3.63, 3.8) is 0 Å². The van der Waals surface area contributed by atoms with E-state index in [0.29, 0.717) is 5.92 Å². The number of likely N-dealkylation sites (tertiary alicyclic amines) is 1. The SMILES string of the molecule is CC(C)CNCc1cnccc1OCCN1CCCCC1. The molecule has 0 aliphatic carbocycles. The Kier molecular flexibility index (Phi) is 6.96. The summed E-state index contributed by atoms with van der Waals surface area (Å²) >= 11 is 0. The van der Waals surface area contributed by atoms with E-state index < -0.39 is 0 Å². The van der Waals surface area contributed by atoms with Gasteiger partial charge in [-0.25, -0.2) is 0 Å². The maximum absolute atomic E-state index is 5.98. The van der Waals surface area contributed by atoms with Gasteiger partial charge in [0.2, 0.25) is 0 Å². The minimum Gasteiger partial charge on any atom is -0.492 e. The number of hydrogen-bond acceptors (Lipinski definition) is 4. The molecule has 0 radical (unpaired) electrons. The first-order valence-electron chi connectivity index (χ1n) is 8.24. The van der Waals surface area contributed by atoms with Crippen molar-refractivity contribution in [2.24, 2.45) is 5.92 Å². The third-order valence-corrected chi connectivity index (χ3v) is 3.84. The molecule has 2 heterocycles. The summed E-state index contributed by atoms with van der Waals surface area (Å²) in [6.45, 7) is 10.5. The van der Waals surface area contributed by atoms with E-state index in [-0.39, 0.29) is 0 Å². The summed E-state index contributed by atoms with van der Waals surface area (Å²) in [7, 11) is 0. The van der Waals surface area contributed by atoms with Gasteiger partial charge >= 0.3 is 0 Å². The number of nitrogens with one attached hydrogen (secondary N) is 1. The second-order valence-corrected chi connectivity index (χ2v) is 6.26. The summed E-state index contributed by atoms with van der Waals surface area (Å²) in [5, 5.41) is 3.45. The Balaban J connectivity index is 1.76. The van der Waals surface area contributed by atoms with Gasteiger partial charge in [0.05, 0.1) is 0 Å². The fourth-order valence-corrected chi connectivity index (χ4v) is 2.65. The van der Waals surface area contributed by atoms with Crippen LogP contribution in [0.1, 0.15) is 38.7 Å². The van der Waals surface area contributed by atoms with Gasteiger partial charge in [0.15, 0.2) is 0 Å². The van der Waals surface area contributed by atoms with E-state index in [1.54, 1.807) is 0 Å². The van der Waals surface area contributed by atoms with Crippen molar-refractivity contribution < 1.29 is 4.74 Å². The molecule has 0 aromatic carbocycles. The molecule has 1 aromatic heterocycles. The van der Waals surface area contributed by atoms with Crippen LogP contribution >= 0.6 is 0 Å². The van der Waals surface area contributed by atoms with E-state index in [9.17, 15) is 0 Å². The molecule has 0 unspecified atom stereocenters. The van der Waals surface area contributed by atoms with Crippen molar-refractivity contribution in [1.82, 2.24) is 15.2 Å². The lowest BCUT2D eigenvalue weighted by Gasteiger charge is -2.26. The largest absolute Gasteiger partial charge is 0.492 e. The molecule has 118 valence electrons. The summed E-state index contributed by atoms with van der Waals surface area (Å²) < 4.78 is 5.98. The molecule has 1 N–H and O–H groups in total. The molecule has 1 aromatic rings. The number of rotatable bonds is 8. The lowest BCUT2D eigenvalue weighted by Crippen LogP contribution is -2.33. The first kappa shape index (κ1) is 16.2. The van der Waals surface area contributed by atoms with E-state index in [1.807, 2.05) is 18.5 Å². The Morgan fingerprint density at radius 3 is 2.86 bits per heavy atom. The van der Waals surface area contributed by atoms with Gasteiger partial charge in [0.1, 0.15) is 12.4 Å². The molecule has 1 fully saturated rings. The first-order chi connectivity index (χ1) is 10.3. The van der Waals surface area contributed by atoms with Gasteiger partial charge in [-0.15, -0.1) is 0 Å². The van der Waals surface area contributed by atoms with Crippen LogP contribution in [0.25, 0.3) is 0 Å². The smallest absolute Gasteiger partial charge is 0.126 e. The average Bonchev–Trinajstić information content (AvgIpc) is 2.49. The molecule has 0 bridgehead atoms. The number of piperidine rings is 1. The summed E-state index contributed by atoms with van der Waals surface area (Å²) in [4.78, 5) is 6.71. The Hall–Kier alpha value is -1.13. The van der Waals surface area contributed by atoms with Gasteiger partial charge in [0, 0.05) is 31.0 Å². The third-order valence-electron chi connectivity index (χ3n) is 3.84. The zero-order valence-electron chi connectivity index (χ0n) is 13.5. The van der Waals surface area contributed by atoms with Crippen molar-refractivity contribution in [2.75, 3.05) is 32.8 Å². The van der Waals surface area contributed by atoms with Crippen LogP contribution in [0.2, 0.25) is 0 Å². The number of hydrogen-bond donors (Lipinski definition) is 1. The second kappa shape index (κ2) is 9.00. The van der Waals surface area contributed by atoms with Crippen LogP contribution in [-0.4, -0.2) is 42.7 Å². The Morgan fingerprint density at radius 2 is 2.10 bits per heavy atom. The predicted octanol–water partition coefficient (Wildman–Crippen LogP) is 2.69. The summed E-state index contributed by atoms with van der Waals surface area (Å²) in [5.74, 6) is 1.63. The van der Waals surface area contributed by atoms with Crippen LogP contribution in [0.5, 0.6) is 5.75 Å². The maximum Gasteiger partial charge on any atom is 0.126 e. The third kappa shape index (κ3) is 6.02. The fourth-order valence-electron chi connectivity index (χ4n) is 2.65. The summed E-state index contributed by atoms with van der Waals surface area (Å²) in [6, 6.07) is 1.97. The van der Waals surface area contributed by atoms with E-state index in [2.05, 4.69) is 29.0 Å². The van der Waals surface area contributed by atoms with Gasteiger partial charge in [-0.3, -0.25) is 9.88 Å². The van der Waals surface area contributed by atoms with Gasteiger partial charge in [0.25, 0.3) is 0 Å². The van der Waals surface area contributed by atoms with Crippen molar-refractivity contribution in [3.8, 4) is 5.75 Å². The van der Waals surface area contributed by atoms with Crippen LogP contribution < -0.4 is 10.1 Å². The normalized spacial score (nSPS) is 16.3. The van der Waals surface area contributed by atoms with Crippen molar-refractivity contribution in [1.29, 1.82) is 0 Å². The van der Waals surface area contributed by atoms with E-state index in [1.165, 1.54) is 32.4 Å². The molecule has 4 nitrogen and oxygen atoms in total. The van der Waals surface area contributed by atoms with Gasteiger partial charge in [-0.05, 0) is 44.5 Å². The lowest BCUT2D eigenvalue weighted by atomic mass is 10.1. The highest BCUT2D eigenvalue weighted by molar-refractivity contribution is 5.29. The van der Waals surface area contributed by atoms with E-state index in [4.69, 9.17) is 4.74 Å². The molecular formula is C17H29N3O. The maximum atomic E-state index is 5.98. The van der Waals surface area contributed by atoms with Crippen molar-refractivity contribution in [2.45, 2.75) is 39.7 Å². The van der Waals surface area contributed by atoms with Crippen LogP contribution in [0.4, 0.5) is 0 Å². The van der Waals surface area contributed by atoms with Crippen LogP contribution in [-0.2, 0) is 6.54 Å². The van der Waals surface area contributed by atoms with E-state index in [0.717, 1.165) is 37.6 Å². The van der Waals surface area contributed by atoms with Crippen LogP contribution in [0, 0.1) is 5.92 Å². The standard InChI is InChI=1S/C17H29N3O/c1-15(2)12-19-14-16-13-18-7-6-17(16)21-11-10-20-8-4-3-5-9-20/h6-7,13,15,19H,3-5,8-12,14H2,1-2H3. The average molecular weight is 291 g/mol. The molecule has 2 rings (SSSR count).